The highest BCUT2D eigenvalue weighted by Gasteiger charge is 2.28. The standard InChI is InChI=1S/C26H33F3N2O4/c1-3-18(16-25(32)33)19-5-10-24(31(4-2)21-11-13-34-14-12-21)23(15-19)30-20-6-8-22(9-7-20)35-17-26(27,28)29/h5-10,15,18,21,30H,3-4,11-14,16-17H2,1-2H3,(H,32,33)/t18-/m0/s1. The molecule has 35 heavy (non-hydrogen) atoms. The fourth-order valence-corrected chi connectivity index (χ4v) is 4.44. The van der Waals surface area contributed by atoms with Crippen LogP contribution >= 0.6 is 0 Å². The minimum Gasteiger partial charge on any atom is -0.484 e. The van der Waals surface area contributed by atoms with Crippen LogP contribution in [-0.4, -0.2) is 49.7 Å². The molecule has 1 aliphatic heterocycles. The summed E-state index contributed by atoms with van der Waals surface area (Å²) in [5.41, 5.74) is 3.43. The van der Waals surface area contributed by atoms with Crippen LogP contribution in [-0.2, 0) is 9.53 Å². The maximum Gasteiger partial charge on any atom is 0.422 e. The Kier molecular flexibility index (Phi) is 9.26. The monoisotopic (exact) mass is 494 g/mol. The molecule has 1 atom stereocenters. The lowest BCUT2D eigenvalue weighted by molar-refractivity contribution is -0.153. The molecule has 2 N–H and O–H groups in total. The van der Waals surface area contributed by atoms with E-state index in [-0.39, 0.29) is 18.1 Å². The molecular formula is C26H33F3N2O4. The van der Waals surface area contributed by atoms with Crippen molar-refractivity contribution in [2.45, 2.75) is 57.7 Å². The molecule has 2 aromatic rings. The van der Waals surface area contributed by atoms with Gasteiger partial charge in [-0.2, -0.15) is 13.2 Å². The molecule has 0 saturated carbocycles. The number of rotatable bonds is 11. The van der Waals surface area contributed by atoms with Crippen molar-refractivity contribution in [1.82, 2.24) is 0 Å². The molecule has 3 rings (SSSR count). The number of carboxylic acid groups (broad SMARTS) is 1. The minimum absolute atomic E-state index is 0.0397. The van der Waals surface area contributed by atoms with Gasteiger partial charge in [0.1, 0.15) is 5.75 Å². The van der Waals surface area contributed by atoms with E-state index in [1.807, 2.05) is 25.1 Å². The van der Waals surface area contributed by atoms with E-state index in [1.165, 1.54) is 12.1 Å². The van der Waals surface area contributed by atoms with Crippen molar-refractivity contribution < 1.29 is 32.5 Å². The zero-order valence-corrected chi connectivity index (χ0v) is 20.1. The summed E-state index contributed by atoms with van der Waals surface area (Å²) in [6.07, 6.45) is -1.84. The third-order valence-corrected chi connectivity index (χ3v) is 6.22. The number of halogens is 3. The highest BCUT2D eigenvalue weighted by atomic mass is 19.4. The van der Waals surface area contributed by atoms with E-state index in [4.69, 9.17) is 9.47 Å². The lowest BCUT2D eigenvalue weighted by atomic mass is 9.92. The molecule has 0 unspecified atom stereocenters. The van der Waals surface area contributed by atoms with E-state index in [0.717, 1.165) is 36.3 Å². The number of nitrogens with one attached hydrogen (secondary N) is 1. The van der Waals surface area contributed by atoms with Crippen LogP contribution in [0.4, 0.5) is 30.2 Å². The van der Waals surface area contributed by atoms with Gasteiger partial charge in [0.25, 0.3) is 0 Å². The molecule has 0 aromatic heterocycles. The van der Waals surface area contributed by atoms with Crippen LogP contribution in [0.25, 0.3) is 0 Å². The third kappa shape index (κ3) is 7.78. The Morgan fingerprint density at radius 1 is 1.17 bits per heavy atom. The van der Waals surface area contributed by atoms with Gasteiger partial charge in [0.15, 0.2) is 6.61 Å². The second-order valence-electron chi connectivity index (χ2n) is 8.66. The van der Waals surface area contributed by atoms with Crippen molar-refractivity contribution in [3.63, 3.8) is 0 Å². The molecule has 2 aromatic carbocycles. The molecule has 1 saturated heterocycles. The number of hydrogen-bond acceptors (Lipinski definition) is 5. The summed E-state index contributed by atoms with van der Waals surface area (Å²) in [5, 5.41) is 12.7. The predicted octanol–water partition coefficient (Wildman–Crippen LogP) is 6.34. The van der Waals surface area contributed by atoms with Gasteiger partial charge in [0, 0.05) is 31.5 Å². The molecule has 9 heteroatoms. The number of anilines is 3. The summed E-state index contributed by atoms with van der Waals surface area (Å²) in [6.45, 7) is 4.92. The molecule has 192 valence electrons. The number of ether oxygens (including phenoxy) is 2. The topological polar surface area (TPSA) is 71.0 Å². The average molecular weight is 495 g/mol. The Labute approximate surface area is 204 Å². The number of benzene rings is 2. The van der Waals surface area contributed by atoms with E-state index in [1.54, 1.807) is 12.1 Å². The number of hydrogen-bond donors (Lipinski definition) is 2. The van der Waals surface area contributed by atoms with Crippen LogP contribution in [0.2, 0.25) is 0 Å². The Morgan fingerprint density at radius 2 is 1.86 bits per heavy atom. The van der Waals surface area contributed by atoms with Crippen molar-refractivity contribution in [3.8, 4) is 5.75 Å². The normalized spacial score (nSPS) is 15.5. The molecule has 0 radical (unpaired) electrons. The van der Waals surface area contributed by atoms with E-state index in [0.29, 0.717) is 31.4 Å². The minimum atomic E-state index is -4.40. The third-order valence-electron chi connectivity index (χ3n) is 6.22. The zero-order valence-electron chi connectivity index (χ0n) is 20.1. The van der Waals surface area contributed by atoms with Crippen molar-refractivity contribution in [2.24, 2.45) is 0 Å². The molecule has 6 nitrogen and oxygen atoms in total. The maximum absolute atomic E-state index is 12.4. The van der Waals surface area contributed by atoms with Crippen LogP contribution in [0, 0.1) is 0 Å². The van der Waals surface area contributed by atoms with E-state index >= 15 is 0 Å². The first kappa shape index (κ1) is 26.7. The van der Waals surface area contributed by atoms with E-state index in [2.05, 4.69) is 17.1 Å². The zero-order chi connectivity index (χ0) is 25.4. The van der Waals surface area contributed by atoms with Crippen LogP contribution in [0.1, 0.15) is 51.0 Å². The van der Waals surface area contributed by atoms with Gasteiger partial charge in [-0.1, -0.05) is 13.0 Å². The number of carboxylic acids is 1. The van der Waals surface area contributed by atoms with Crippen LogP contribution in [0.15, 0.2) is 42.5 Å². The Hall–Kier alpha value is -2.94. The van der Waals surface area contributed by atoms with Gasteiger partial charge in [0.2, 0.25) is 0 Å². The van der Waals surface area contributed by atoms with Crippen LogP contribution in [0.5, 0.6) is 5.75 Å². The summed E-state index contributed by atoms with van der Waals surface area (Å²) < 4.78 is 47.7. The largest absolute Gasteiger partial charge is 0.484 e. The van der Waals surface area contributed by atoms with Crippen LogP contribution in [0.3, 0.4) is 0 Å². The predicted molar refractivity (Wildman–Crippen MR) is 130 cm³/mol. The molecule has 0 bridgehead atoms. The van der Waals surface area contributed by atoms with Gasteiger partial charge < -0.3 is 24.8 Å². The summed E-state index contributed by atoms with van der Waals surface area (Å²) >= 11 is 0. The van der Waals surface area contributed by atoms with Gasteiger partial charge in [-0.15, -0.1) is 0 Å². The first-order chi connectivity index (χ1) is 16.7. The molecule has 1 heterocycles. The molecule has 0 aliphatic carbocycles. The van der Waals surface area contributed by atoms with E-state index in [9.17, 15) is 23.1 Å². The molecular weight excluding hydrogens is 461 g/mol. The molecule has 0 spiro atoms. The van der Waals surface area contributed by atoms with Gasteiger partial charge in [-0.25, -0.2) is 0 Å². The highest BCUT2D eigenvalue weighted by Crippen LogP contribution is 2.36. The summed E-state index contributed by atoms with van der Waals surface area (Å²) in [4.78, 5) is 13.7. The van der Waals surface area contributed by atoms with Gasteiger partial charge in [-0.3, -0.25) is 4.79 Å². The lowest BCUT2D eigenvalue weighted by Crippen LogP contribution is -2.39. The molecule has 1 aliphatic rings. The summed E-state index contributed by atoms with van der Waals surface area (Å²) in [5.74, 6) is -0.840. The smallest absolute Gasteiger partial charge is 0.422 e. The Balaban J connectivity index is 1.90. The summed E-state index contributed by atoms with van der Waals surface area (Å²) in [6, 6.07) is 12.7. The van der Waals surface area contributed by atoms with Gasteiger partial charge >= 0.3 is 12.1 Å². The number of aliphatic carboxylic acids is 1. The fraction of sp³-hybridized carbons (Fsp3) is 0.500. The molecule has 0 amide bonds. The lowest BCUT2D eigenvalue weighted by Gasteiger charge is -2.37. The molecule has 1 fully saturated rings. The number of carbonyl (C=O) groups is 1. The first-order valence-corrected chi connectivity index (χ1v) is 12.0. The van der Waals surface area contributed by atoms with Crippen molar-refractivity contribution in [3.05, 3.63) is 48.0 Å². The van der Waals surface area contributed by atoms with E-state index < -0.39 is 18.8 Å². The second kappa shape index (κ2) is 12.2. The maximum atomic E-state index is 12.4. The van der Waals surface area contributed by atoms with Crippen molar-refractivity contribution >= 4 is 23.0 Å². The average Bonchev–Trinajstić information content (AvgIpc) is 2.83. The highest BCUT2D eigenvalue weighted by molar-refractivity contribution is 5.77. The van der Waals surface area contributed by atoms with Crippen molar-refractivity contribution in [1.29, 1.82) is 0 Å². The fourth-order valence-electron chi connectivity index (χ4n) is 4.44. The quantitative estimate of drug-likeness (QED) is 0.380. The number of alkyl halides is 3. The first-order valence-electron chi connectivity index (χ1n) is 12.0. The van der Waals surface area contributed by atoms with Crippen molar-refractivity contribution in [2.75, 3.05) is 36.6 Å². The SMILES string of the molecule is CC[C@@H](CC(=O)O)c1ccc(N(CC)C2CCOCC2)c(Nc2ccc(OCC(F)(F)F)cc2)c1. The van der Waals surface area contributed by atoms with Gasteiger partial charge in [-0.05, 0) is 74.1 Å². The Morgan fingerprint density at radius 3 is 2.43 bits per heavy atom. The number of nitrogens with zero attached hydrogens (tertiary/aromatic N) is 1. The van der Waals surface area contributed by atoms with Gasteiger partial charge in [0.05, 0.1) is 17.8 Å². The van der Waals surface area contributed by atoms with Crippen LogP contribution < -0.4 is 15.0 Å². The second-order valence-corrected chi connectivity index (χ2v) is 8.66. The summed E-state index contributed by atoms with van der Waals surface area (Å²) in [7, 11) is 0. The Bertz CT molecular complexity index is 960.